The van der Waals surface area contributed by atoms with Crippen molar-refractivity contribution in [1.82, 2.24) is 20.5 Å². The topological polar surface area (TPSA) is 79.9 Å². The van der Waals surface area contributed by atoms with Gasteiger partial charge in [0.15, 0.2) is 0 Å². The van der Waals surface area contributed by atoms with Crippen molar-refractivity contribution in [2.75, 3.05) is 0 Å². The third-order valence-corrected chi connectivity index (χ3v) is 4.10. The Labute approximate surface area is 162 Å². The summed E-state index contributed by atoms with van der Waals surface area (Å²) in [5.41, 5.74) is 3.03. The molecule has 2 N–H and O–H groups in total. The van der Waals surface area contributed by atoms with Crippen molar-refractivity contribution >= 4 is 5.91 Å². The van der Waals surface area contributed by atoms with E-state index in [0.29, 0.717) is 23.9 Å². The predicted molar refractivity (Wildman–Crippen MR) is 106 cm³/mol. The number of carbonyl (C=O) groups excluding carboxylic acids is 1. The second-order valence-electron chi connectivity index (χ2n) is 6.13. The number of pyridine rings is 1. The summed E-state index contributed by atoms with van der Waals surface area (Å²) in [7, 11) is 0. The zero-order chi connectivity index (χ0) is 19.2. The zero-order valence-electron chi connectivity index (χ0n) is 15.0. The molecule has 0 radical (unpaired) electrons. The molecule has 0 fully saturated rings. The lowest BCUT2D eigenvalue weighted by Crippen LogP contribution is -2.23. The monoisotopic (exact) mass is 370 g/mol. The van der Waals surface area contributed by atoms with Crippen LogP contribution in [0.3, 0.4) is 0 Å². The predicted octanol–water partition coefficient (Wildman–Crippen LogP) is 4.19. The zero-order valence-corrected chi connectivity index (χ0v) is 15.0. The van der Waals surface area contributed by atoms with Crippen LogP contribution in [0.5, 0.6) is 11.6 Å². The van der Waals surface area contributed by atoms with Crippen molar-refractivity contribution in [2.24, 2.45) is 0 Å². The number of benzene rings is 2. The Kier molecular flexibility index (Phi) is 5.11. The lowest BCUT2D eigenvalue weighted by Gasteiger charge is -2.07. The second kappa shape index (κ2) is 8.18. The summed E-state index contributed by atoms with van der Waals surface area (Å²) in [5, 5.41) is 9.89. The molecule has 0 atom stereocenters. The number of carbonyl (C=O) groups is 1. The van der Waals surface area contributed by atoms with Gasteiger partial charge in [-0.2, -0.15) is 5.10 Å². The number of hydrogen-bond acceptors (Lipinski definition) is 4. The van der Waals surface area contributed by atoms with Crippen molar-refractivity contribution in [3.63, 3.8) is 0 Å². The fourth-order valence-electron chi connectivity index (χ4n) is 2.72. The molecule has 2 aromatic carbocycles. The van der Waals surface area contributed by atoms with Gasteiger partial charge in [-0.3, -0.25) is 9.89 Å². The van der Waals surface area contributed by atoms with E-state index >= 15 is 0 Å². The number of ether oxygens (including phenoxy) is 1. The lowest BCUT2D eigenvalue weighted by atomic mass is 10.1. The lowest BCUT2D eigenvalue weighted by molar-refractivity contribution is 0.0946. The van der Waals surface area contributed by atoms with Gasteiger partial charge < -0.3 is 10.1 Å². The highest BCUT2D eigenvalue weighted by Crippen LogP contribution is 2.20. The largest absolute Gasteiger partial charge is 0.439 e. The molecule has 0 spiro atoms. The van der Waals surface area contributed by atoms with Crippen LogP contribution in [-0.2, 0) is 6.54 Å². The maximum Gasteiger partial charge on any atom is 0.269 e. The molecule has 0 aliphatic carbocycles. The van der Waals surface area contributed by atoms with Crippen LogP contribution in [0.4, 0.5) is 0 Å². The molecule has 0 saturated heterocycles. The number of aromatic nitrogens is 3. The van der Waals surface area contributed by atoms with E-state index in [1.807, 2.05) is 66.7 Å². The van der Waals surface area contributed by atoms with Crippen LogP contribution in [0.1, 0.15) is 16.1 Å². The van der Waals surface area contributed by atoms with Gasteiger partial charge in [0.05, 0.1) is 5.69 Å². The molecule has 0 saturated carbocycles. The summed E-state index contributed by atoms with van der Waals surface area (Å²) in [4.78, 5) is 16.6. The van der Waals surface area contributed by atoms with Gasteiger partial charge >= 0.3 is 0 Å². The number of amides is 1. The Bertz CT molecular complexity index is 1060. The van der Waals surface area contributed by atoms with E-state index in [9.17, 15) is 4.79 Å². The fourth-order valence-corrected chi connectivity index (χ4v) is 2.72. The number of rotatable bonds is 6. The first-order valence-corrected chi connectivity index (χ1v) is 8.85. The Balaban J connectivity index is 1.39. The molecule has 0 aliphatic rings. The molecule has 4 aromatic rings. The summed E-state index contributed by atoms with van der Waals surface area (Å²) in [5.74, 6) is 0.971. The molecule has 6 nitrogen and oxygen atoms in total. The van der Waals surface area contributed by atoms with Gasteiger partial charge in [0.1, 0.15) is 11.4 Å². The van der Waals surface area contributed by atoms with E-state index in [4.69, 9.17) is 4.74 Å². The molecule has 4 rings (SSSR count). The smallest absolute Gasteiger partial charge is 0.269 e. The highest BCUT2D eigenvalue weighted by molar-refractivity contribution is 5.93. The Morgan fingerprint density at radius 2 is 1.82 bits per heavy atom. The molecule has 2 aromatic heterocycles. The van der Waals surface area contributed by atoms with Crippen molar-refractivity contribution in [1.29, 1.82) is 0 Å². The minimum Gasteiger partial charge on any atom is -0.439 e. The summed E-state index contributed by atoms with van der Waals surface area (Å²) < 4.78 is 5.72. The first-order valence-electron chi connectivity index (χ1n) is 8.85. The number of nitrogens with one attached hydrogen (secondary N) is 2. The van der Waals surface area contributed by atoms with E-state index in [0.717, 1.165) is 16.8 Å². The molecular formula is C22H18N4O2. The average molecular weight is 370 g/mol. The van der Waals surface area contributed by atoms with Crippen molar-refractivity contribution in [2.45, 2.75) is 6.54 Å². The third-order valence-electron chi connectivity index (χ3n) is 4.10. The number of nitrogens with zero attached hydrogens (tertiary/aromatic N) is 2. The van der Waals surface area contributed by atoms with Crippen molar-refractivity contribution in [3.05, 3.63) is 96.3 Å². The van der Waals surface area contributed by atoms with Crippen LogP contribution in [0.15, 0.2) is 85.1 Å². The van der Waals surface area contributed by atoms with Crippen LogP contribution >= 0.6 is 0 Å². The van der Waals surface area contributed by atoms with E-state index in [1.165, 1.54) is 0 Å². The van der Waals surface area contributed by atoms with Gasteiger partial charge in [0, 0.05) is 24.4 Å². The highest BCUT2D eigenvalue weighted by atomic mass is 16.5. The van der Waals surface area contributed by atoms with Gasteiger partial charge in [-0.1, -0.05) is 48.5 Å². The maximum atomic E-state index is 12.4. The minimum absolute atomic E-state index is 0.217. The normalized spacial score (nSPS) is 10.4. The van der Waals surface area contributed by atoms with Crippen LogP contribution in [0.2, 0.25) is 0 Å². The van der Waals surface area contributed by atoms with Crippen molar-refractivity contribution in [3.8, 4) is 22.9 Å². The van der Waals surface area contributed by atoms with Gasteiger partial charge in [0.2, 0.25) is 5.88 Å². The molecular weight excluding hydrogens is 352 g/mol. The highest BCUT2D eigenvalue weighted by Gasteiger charge is 2.11. The van der Waals surface area contributed by atoms with Gasteiger partial charge in [-0.05, 0) is 29.8 Å². The molecule has 6 heteroatoms. The van der Waals surface area contributed by atoms with Crippen LogP contribution in [-0.4, -0.2) is 21.1 Å². The van der Waals surface area contributed by atoms with Gasteiger partial charge in [-0.15, -0.1) is 0 Å². The number of aromatic amines is 1. The Hall–Kier alpha value is -3.93. The quantitative estimate of drug-likeness (QED) is 0.533. The molecule has 0 unspecified atom stereocenters. The second-order valence-corrected chi connectivity index (χ2v) is 6.13. The van der Waals surface area contributed by atoms with Crippen molar-refractivity contribution < 1.29 is 9.53 Å². The van der Waals surface area contributed by atoms with Crippen LogP contribution in [0, 0.1) is 0 Å². The summed E-state index contributed by atoms with van der Waals surface area (Å²) in [6.07, 6.45) is 1.67. The number of hydrogen-bond donors (Lipinski definition) is 2. The van der Waals surface area contributed by atoms with E-state index in [-0.39, 0.29) is 5.91 Å². The molecule has 1 amide bonds. The third kappa shape index (κ3) is 4.24. The van der Waals surface area contributed by atoms with Crippen LogP contribution in [0.25, 0.3) is 11.3 Å². The fraction of sp³-hybridized carbons (Fsp3) is 0.0455. The van der Waals surface area contributed by atoms with Gasteiger partial charge in [-0.25, -0.2) is 4.98 Å². The van der Waals surface area contributed by atoms with Crippen LogP contribution < -0.4 is 10.1 Å². The standard InChI is InChI=1S/C22H18N4O2/c27-22(20-14-19(25-26-20)17-8-2-1-3-9-17)24-15-16-7-6-10-18(13-16)28-21-11-4-5-12-23-21/h1-14H,15H2,(H,24,27)(H,25,26). The first kappa shape index (κ1) is 17.5. The van der Waals surface area contributed by atoms with E-state index < -0.39 is 0 Å². The van der Waals surface area contributed by atoms with E-state index in [2.05, 4.69) is 20.5 Å². The molecule has 0 bridgehead atoms. The summed E-state index contributed by atoms with van der Waals surface area (Å²) in [6.45, 7) is 0.373. The average Bonchev–Trinajstić information content (AvgIpc) is 3.24. The molecule has 28 heavy (non-hydrogen) atoms. The summed E-state index contributed by atoms with van der Waals surface area (Å²) in [6, 6.07) is 24.5. The minimum atomic E-state index is -0.217. The molecule has 2 heterocycles. The Morgan fingerprint density at radius 3 is 2.64 bits per heavy atom. The maximum absolute atomic E-state index is 12.4. The Morgan fingerprint density at radius 1 is 0.964 bits per heavy atom. The number of H-pyrrole nitrogens is 1. The molecule has 0 aliphatic heterocycles. The molecule has 138 valence electrons. The van der Waals surface area contributed by atoms with E-state index in [1.54, 1.807) is 18.3 Å². The van der Waals surface area contributed by atoms with Gasteiger partial charge in [0.25, 0.3) is 5.91 Å². The first-order chi connectivity index (χ1) is 13.8. The summed E-state index contributed by atoms with van der Waals surface area (Å²) >= 11 is 0. The SMILES string of the molecule is O=C(NCc1cccc(Oc2ccccn2)c1)c1cc(-c2ccccc2)n[nH]1.